The molecule has 0 amide bonds. The highest BCUT2D eigenvalue weighted by Crippen LogP contribution is 2.58. The van der Waals surface area contributed by atoms with Crippen LogP contribution in [-0.2, 0) is 0 Å². The summed E-state index contributed by atoms with van der Waals surface area (Å²) in [6, 6.07) is 0. The molecule has 1 aliphatic heterocycles. The van der Waals surface area contributed by atoms with Gasteiger partial charge in [0.05, 0.1) is 0 Å². The third-order valence-corrected chi connectivity index (χ3v) is 8.01. The molecule has 2 saturated carbocycles. The first-order valence-electron chi connectivity index (χ1n) is 8.00. The van der Waals surface area contributed by atoms with Crippen molar-refractivity contribution in [2.24, 2.45) is 23.7 Å². The van der Waals surface area contributed by atoms with Crippen LogP contribution in [0, 0.1) is 23.7 Å². The molecule has 0 N–H and O–H groups in total. The van der Waals surface area contributed by atoms with Gasteiger partial charge in [0.25, 0.3) is 0 Å². The standard InChI is InChI=1S/C16H28S/c1-3-11-7-5-9-13-14-10-6-8-12(4-2)16(14)17-15(11)13/h11-16H,3-10H2,1-2H3. The normalized spacial score (nSPS) is 49.8. The van der Waals surface area contributed by atoms with Crippen LogP contribution in [0.5, 0.6) is 0 Å². The second-order valence-electron chi connectivity index (χ2n) is 6.59. The van der Waals surface area contributed by atoms with Crippen molar-refractivity contribution in [1.29, 1.82) is 0 Å². The van der Waals surface area contributed by atoms with Gasteiger partial charge in [-0.25, -0.2) is 0 Å². The maximum Gasteiger partial charge on any atom is 0.0109 e. The van der Waals surface area contributed by atoms with E-state index in [1.54, 1.807) is 12.8 Å². The highest BCUT2D eigenvalue weighted by atomic mass is 32.2. The van der Waals surface area contributed by atoms with Crippen LogP contribution >= 0.6 is 11.8 Å². The van der Waals surface area contributed by atoms with E-state index in [2.05, 4.69) is 25.6 Å². The summed E-state index contributed by atoms with van der Waals surface area (Å²) in [5, 5.41) is 2.10. The first-order valence-corrected chi connectivity index (χ1v) is 8.94. The van der Waals surface area contributed by atoms with Gasteiger partial charge in [-0.1, -0.05) is 39.5 Å². The summed E-state index contributed by atoms with van der Waals surface area (Å²) in [6.07, 6.45) is 12.1. The highest BCUT2D eigenvalue weighted by molar-refractivity contribution is 8.00. The van der Waals surface area contributed by atoms with Crippen molar-refractivity contribution >= 4 is 11.8 Å². The molecule has 0 bridgehead atoms. The van der Waals surface area contributed by atoms with Crippen molar-refractivity contribution in [3.8, 4) is 0 Å². The molecule has 6 unspecified atom stereocenters. The quantitative estimate of drug-likeness (QED) is 0.657. The van der Waals surface area contributed by atoms with Crippen molar-refractivity contribution < 1.29 is 0 Å². The molecule has 0 spiro atoms. The largest absolute Gasteiger partial charge is 0.154 e. The van der Waals surface area contributed by atoms with E-state index in [1.165, 1.54) is 38.5 Å². The Hall–Kier alpha value is 0.350. The Bertz CT molecular complexity index is 232. The van der Waals surface area contributed by atoms with E-state index in [-0.39, 0.29) is 0 Å². The van der Waals surface area contributed by atoms with E-state index in [4.69, 9.17) is 0 Å². The van der Waals surface area contributed by atoms with Crippen LogP contribution in [0.15, 0.2) is 0 Å². The monoisotopic (exact) mass is 252 g/mol. The molecule has 17 heavy (non-hydrogen) atoms. The summed E-state index contributed by atoms with van der Waals surface area (Å²) in [5.41, 5.74) is 0. The van der Waals surface area contributed by atoms with Gasteiger partial charge >= 0.3 is 0 Å². The number of fused-ring (bicyclic) bond motifs is 3. The number of hydrogen-bond donors (Lipinski definition) is 0. The molecule has 3 fully saturated rings. The van der Waals surface area contributed by atoms with Gasteiger partial charge < -0.3 is 0 Å². The lowest BCUT2D eigenvalue weighted by atomic mass is 9.67. The highest BCUT2D eigenvalue weighted by Gasteiger charge is 2.50. The zero-order valence-corrected chi connectivity index (χ0v) is 12.3. The van der Waals surface area contributed by atoms with Crippen LogP contribution in [0.2, 0.25) is 0 Å². The van der Waals surface area contributed by atoms with Crippen molar-refractivity contribution in [1.82, 2.24) is 0 Å². The summed E-state index contributed by atoms with van der Waals surface area (Å²) < 4.78 is 0. The van der Waals surface area contributed by atoms with Gasteiger partial charge in [0.15, 0.2) is 0 Å². The molecule has 1 heterocycles. The molecule has 1 heteroatoms. The van der Waals surface area contributed by atoms with Crippen LogP contribution in [0.1, 0.15) is 65.2 Å². The summed E-state index contributed by atoms with van der Waals surface area (Å²) in [6.45, 7) is 4.85. The zero-order valence-electron chi connectivity index (χ0n) is 11.5. The predicted octanol–water partition coefficient (Wildman–Crippen LogP) is 5.12. The Kier molecular flexibility index (Phi) is 3.75. The fourth-order valence-corrected chi connectivity index (χ4v) is 7.53. The van der Waals surface area contributed by atoms with Gasteiger partial charge in [0.2, 0.25) is 0 Å². The molecule has 0 aromatic carbocycles. The topological polar surface area (TPSA) is 0 Å². The maximum absolute atomic E-state index is 2.44. The lowest BCUT2D eigenvalue weighted by Crippen LogP contribution is -2.33. The number of rotatable bonds is 2. The molecule has 6 atom stereocenters. The SMILES string of the molecule is CCC1CCCC2C3CCCC(CC)C3SC12. The van der Waals surface area contributed by atoms with E-state index in [9.17, 15) is 0 Å². The molecular weight excluding hydrogens is 224 g/mol. The molecular formula is C16H28S. The van der Waals surface area contributed by atoms with E-state index in [0.29, 0.717) is 0 Å². The zero-order chi connectivity index (χ0) is 11.8. The van der Waals surface area contributed by atoms with Gasteiger partial charge in [-0.2, -0.15) is 11.8 Å². The Balaban J connectivity index is 1.78. The third kappa shape index (κ3) is 2.07. The fourth-order valence-electron chi connectivity index (χ4n) is 4.98. The first kappa shape index (κ1) is 12.4. The molecule has 0 radical (unpaired) electrons. The molecule has 0 aromatic heterocycles. The van der Waals surface area contributed by atoms with Crippen molar-refractivity contribution in [3.63, 3.8) is 0 Å². The summed E-state index contributed by atoms with van der Waals surface area (Å²) in [5.74, 6) is 4.33. The molecule has 2 aliphatic carbocycles. The fraction of sp³-hybridized carbons (Fsp3) is 1.00. The lowest BCUT2D eigenvalue weighted by Gasteiger charge is -2.37. The number of thioether (sulfide) groups is 1. The first-order chi connectivity index (χ1) is 8.35. The van der Waals surface area contributed by atoms with Crippen molar-refractivity contribution in [3.05, 3.63) is 0 Å². The molecule has 0 nitrogen and oxygen atoms in total. The number of hydrogen-bond acceptors (Lipinski definition) is 1. The van der Waals surface area contributed by atoms with Gasteiger partial charge in [0.1, 0.15) is 0 Å². The minimum atomic E-state index is 1.05. The minimum absolute atomic E-state index is 1.05. The average molecular weight is 252 g/mol. The summed E-state index contributed by atoms with van der Waals surface area (Å²) >= 11 is 2.44. The van der Waals surface area contributed by atoms with Crippen LogP contribution in [-0.4, -0.2) is 10.5 Å². The Morgan fingerprint density at radius 2 is 1.24 bits per heavy atom. The second kappa shape index (κ2) is 5.15. The molecule has 3 rings (SSSR count). The van der Waals surface area contributed by atoms with E-state index < -0.39 is 0 Å². The third-order valence-electron chi connectivity index (χ3n) is 5.91. The smallest absolute Gasteiger partial charge is 0.0109 e. The van der Waals surface area contributed by atoms with E-state index in [1.807, 2.05) is 0 Å². The van der Waals surface area contributed by atoms with Gasteiger partial charge in [-0.15, -0.1) is 0 Å². The molecule has 98 valence electrons. The predicted molar refractivity (Wildman–Crippen MR) is 77.4 cm³/mol. The van der Waals surface area contributed by atoms with Crippen molar-refractivity contribution in [2.45, 2.75) is 75.7 Å². The van der Waals surface area contributed by atoms with Gasteiger partial charge in [-0.3, -0.25) is 0 Å². The summed E-state index contributed by atoms with van der Waals surface area (Å²) in [7, 11) is 0. The van der Waals surface area contributed by atoms with Gasteiger partial charge in [0, 0.05) is 10.5 Å². The summed E-state index contributed by atoms with van der Waals surface area (Å²) in [4.78, 5) is 0. The van der Waals surface area contributed by atoms with Crippen LogP contribution < -0.4 is 0 Å². The Labute approximate surface area is 111 Å². The van der Waals surface area contributed by atoms with Crippen molar-refractivity contribution in [2.75, 3.05) is 0 Å². The maximum atomic E-state index is 2.44. The van der Waals surface area contributed by atoms with E-state index >= 15 is 0 Å². The Morgan fingerprint density at radius 3 is 1.65 bits per heavy atom. The molecule has 3 aliphatic rings. The van der Waals surface area contributed by atoms with Gasteiger partial charge in [-0.05, 0) is 49.4 Å². The van der Waals surface area contributed by atoms with Crippen LogP contribution in [0.25, 0.3) is 0 Å². The molecule has 0 aromatic rings. The molecule has 1 saturated heterocycles. The minimum Gasteiger partial charge on any atom is -0.154 e. The van der Waals surface area contributed by atoms with Crippen LogP contribution in [0.4, 0.5) is 0 Å². The Morgan fingerprint density at radius 1 is 0.765 bits per heavy atom. The lowest BCUT2D eigenvalue weighted by molar-refractivity contribution is 0.166. The second-order valence-corrected chi connectivity index (χ2v) is 7.95. The van der Waals surface area contributed by atoms with Crippen LogP contribution in [0.3, 0.4) is 0 Å². The average Bonchev–Trinajstić information content (AvgIpc) is 2.77. The van der Waals surface area contributed by atoms with E-state index in [0.717, 1.165) is 34.2 Å².